The third-order valence-corrected chi connectivity index (χ3v) is 5.03. The van der Waals surface area contributed by atoms with Gasteiger partial charge in [-0.15, -0.1) is 0 Å². The predicted octanol–water partition coefficient (Wildman–Crippen LogP) is 5.28. The SMILES string of the molecule is CCOC(=O)c1ccc(Nc2nc(Cc3ccccc3)nc(Cc3cccc(C)c3)n2)cc1. The monoisotopic (exact) mass is 438 g/mol. The molecule has 0 saturated heterocycles. The van der Waals surface area contributed by atoms with Crippen molar-refractivity contribution in [3.63, 3.8) is 0 Å². The van der Waals surface area contributed by atoms with E-state index in [1.54, 1.807) is 19.1 Å². The lowest BCUT2D eigenvalue weighted by molar-refractivity contribution is 0.0526. The van der Waals surface area contributed by atoms with Crippen LogP contribution in [0, 0.1) is 6.92 Å². The van der Waals surface area contributed by atoms with Gasteiger partial charge in [0.15, 0.2) is 0 Å². The zero-order valence-electron chi connectivity index (χ0n) is 18.8. The number of carbonyl (C=O) groups excluding carboxylic acids is 1. The summed E-state index contributed by atoms with van der Waals surface area (Å²) in [6, 6.07) is 25.5. The molecule has 166 valence electrons. The lowest BCUT2D eigenvalue weighted by atomic mass is 10.1. The predicted molar refractivity (Wildman–Crippen MR) is 129 cm³/mol. The summed E-state index contributed by atoms with van der Waals surface area (Å²) in [5.74, 6) is 1.54. The molecule has 0 amide bonds. The van der Waals surface area contributed by atoms with Crippen LogP contribution in [-0.4, -0.2) is 27.5 Å². The van der Waals surface area contributed by atoms with Crippen LogP contribution in [0.3, 0.4) is 0 Å². The van der Waals surface area contributed by atoms with Gasteiger partial charge in [-0.3, -0.25) is 0 Å². The van der Waals surface area contributed by atoms with Crippen molar-refractivity contribution in [3.8, 4) is 0 Å². The Kier molecular flexibility index (Phi) is 7.05. The first kappa shape index (κ1) is 22.1. The third-order valence-electron chi connectivity index (χ3n) is 5.03. The number of ether oxygens (including phenoxy) is 1. The summed E-state index contributed by atoms with van der Waals surface area (Å²) < 4.78 is 5.05. The Bertz CT molecular complexity index is 1220. The van der Waals surface area contributed by atoms with Gasteiger partial charge in [0.1, 0.15) is 11.6 Å². The lowest BCUT2D eigenvalue weighted by Gasteiger charge is -2.10. The van der Waals surface area contributed by atoms with Crippen LogP contribution in [0.15, 0.2) is 78.9 Å². The molecule has 0 bridgehead atoms. The maximum absolute atomic E-state index is 11.9. The van der Waals surface area contributed by atoms with Crippen molar-refractivity contribution in [1.29, 1.82) is 0 Å². The Morgan fingerprint density at radius 2 is 1.48 bits per heavy atom. The fraction of sp³-hybridized carbons (Fsp3) is 0.185. The minimum Gasteiger partial charge on any atom is -0.462 e. The first-order valence-corrected chi connectivity index (χ1v) is 11.0. The minimum absolute atomic E-state index is 0.338. The Balaban J connectivity index is 1.60. The van der Waals surface area contributed by atoms with Crippen molar-refractivity contribution in [2.45, 2.75) is 26.7 Å². The van der Waals surface area contributed by atoms with Crippen molar-refractivity contribution >= 4 is 17.6 Å². The van der Waals surface area contributed by atoms with Gasteiger partial charge in [0.05, 0.1) is 12.2 Å². The highest BCUT2D eigenvalue weighted by atomic mass is 16.5. The second-order valence-electron chi connectivity index (χ2n) is 7.74. The van der Waals surface area contributed by atoms with Crippen LogP contribution in [0.1, 0.15) is 45.6 Å². The smallest absolute Gasteiger partial charge is 0.338 e. The van der Waals surface area contributed by atoms with Gasteiger partial charge in [-0.2, -0.15) is 9.97 Å². The molecular formula is C27H26N4O2. The number of aryl methyl sites for hydroxylation is 1. The van der Waals surface area contributed by atoms with Crippen LogP contribution >= 0.6 is 0 Å². The molecular weight excluding hydrogens is 412 g/mol. The molecule has 33 heavy (non-hydrogen) atoms. The third kappa shape index (κ3) is 6.23. The van der Waals surface area contributed by atoms with Crippen LogP contribution in [0.2, 0.25) is 0 Å². The molecule has 3 aromatic carbocycles. The van der Waals surface area contributed by atoms with Crippen LogP contribution in [0.5, 0.6) is 0 Å². The standard InChI is InChI=1S/C27H26N4O2/c1-3-33-26(32)22-12-14-23(15-13-22)28-27-30-24(17-20-9-5-4-6-10-20)29-25(31-27)18-21-11-7-8-19(2)16-21/h4-16H,3,17-18H2,1-2H3,(H,28,29,30,31). The fourth-order valence-corrected chi connectivity index (χ4v) is 3.50. The Morgan fingerprint density at radius 3 is 2.15 bits per heavy atom. The lowest BCUT2D eigenvalue weighted by Crippen LogP contribution is -2.09. The highest BCUT2D eigenvalue weighted by Gasteiger charge is 2.10. The normalized spacial score (nSPS) is 10.6. The number of aromatic nitrogens is 3. The zero-order valence-corrected chi connectivity index (χ0v) is 18.8. The van der Waals surface area contributed by atoms with E-state index in [0.29, 0.717) is 42.6 Å². The topological polar surface area (TPSA) is 77.0 Å². The van der Waals surface area contributed by atoms with Crippen LogP contribution in [0.25, 0.3) is 0 Å². The van der Waals surface area contributed by atoms with Crippen molar-refractivity contribution in [2.24, 2.45) is 0 Å². The van der Waals surface area contributed by atoms with Gasteiger partial charge in [0.2, 0.25) is 5.95 Å². The van der Waals surface area contributed by atoms with E-state index in [0.717, 1.165) is 16.8 Å². The number of nitrogens with one attached hydrogen (secondary N) is 1. The van der Waals surface area contributed by atoms with Crippen molar-refractivity contribution in [3.05, 3.63) is 113 Å². The first-order valence-electron chi connectivity index (χ1n) is 11.0. The van der Waals surface area contributed by atoms with Crippen molar-refractivity contribution < 1.29 is 9.53 Å². The summed E-state index contributed by atoms with van der Waals surface area (Å²) in [5.41, 5.74) is 4.77. The molecule has 4 aromatic rings. The Morgan fingerprint density at radius 1 is 0.818 bits per heavy atom. The summed E-state index contributed by atoms with van der Waals surface area (Å²) >= 11 is 0. The first-order chi connectivity index (χ1) is 16.1. The molecule has 0 aliphatic heterocycles. The average Bonchev–Trinajstić information content (AvgIpc) is 2.80. The van der Waals surface area contributed by atoms with Crippen LogP contribution in [0.4, 0.5) is 11.6 Å². The molecule has 0 radical (unpaired) electrons. The molecule has 0 atom stereocenters. The largest absolute Gasteiger partial charge is 0.462 e. The van der Waals surface area contributed by atoms with Crippen LogP contribution in [-0.2, 0) is 17.6 Å². The van der Waals surface area contributed by atoms with Gasteiger partial charge >= 0.3 is 5.97 Å². The molecule has 1 heterocycles. The maximum Gasteiger partial charge on any atom is 0.338 e. The number of hydrogen-bond acceptors (Lipinski definition) is 6. The molecule has 0 unspecified atom stereocenters. The quantitative estimate of drug-likeness (QED) is 0.377. The molecule has 1 N–H and O–H groups in total. The van der Waals surface area contributed by atoms with Crippen molar-refractivity contribution in [2.75, 3.05) is 11.9 Å². The summed E-state index contributed by atoms with van der Waals surface area (Å²) in [6.45, 7) is 4.21. The van der Waals surface area contributed by atoms with Gasteiger partial charge in [-0.05, 0) is 49.2 Å². The van der Waals surface area contributed by atoms with Crippen LogP contribution < -0.4 is 5.32 Å². The van der Waals surface area contributed by atoms with E-state index in [4.69, 9.17) is 9.72 Å². The fourth-order valence-electron chi connectivity index (χ4n) is 3.50. The van der Waals surface area contributed by atoms with E-state index >= 15 is 0 Å². The molecule has 0 aliphatic carbocycles. The van der Waals surface area contributed by atoms with Gasteiger partial charge in [-0.1, -0.05) is 60.2 Å². The molecule has 0 spiro atoms. The maximum atomic E-state index is 11.9. The number of esters is 1. The second-order valence-corrected chi connectivity index (χ2v) is 7.74. The number of rotatable bonds is 8. The van der Waals surface area contributed by atoms with E-state index in [1.807, 2.05) is 36.4 Å². The van der Waals surface area contributed by atoms with Gasteiger partial charge in [-0.25, -0.2) is 9.78 Å². The highest BCUT2D eigenvalue weighted by Crippen LogP contribution is 2.17. The number of benzene rings is 3. The van der Waals surface area contributed by atoms with E-state index in [-0.39, 0.29) is 5.97 Å². The minimum atomic E-state index is -0.338. The van der Waals surface area contributed by atoms with E-state index < -0.39 is 0 Å². The number of anilines is 2. The van der Waals surface area contributed by atoms with Gasteiger partial charge in [0.25, 0.3) is 0 Å². The zero-order chi connectivity index (χ0) is 23.0. The summed E-state index contributed by atoms with van der Waals surface area (Å²) in [5, 5.41) is 3.25. The van der Waals surface area contributed by atoms with E-state index in [9.17, 15) is 4.79 Å². The average molecular weight is 439 g/mol. The number of nitrogens with zero attached hydrogens (tertiary/aromatic N) is 3. The van der Waals surface area contributed by atoms with Crippen molar-refractivity contribution in [1.82, 2.24) is 15.0 Å². The molecule has 0 fully saturated rings. The molecule has 0 saturated carbocycles. The molecule has 6 nitrogen and oxygen atoms in total. The number of carbonyl (C=O) groups is 1. The summed E-state index contributed by atoms with van der Waals surface area (Å²) in [4.78, 5) is 25.9. The Hall–Kier alpha value is -4.06. The Labute approximate surface area is 193 Å². The summed E-state index contributed by atoms with van der Waals surface area (Å²) in [7, 11) is 0. The summed E-state index contributed by atoms with van der Waals surface area (Å²) in [6.07, 6.45) is 1.23. The van der Waals surface area contributed by atoms with E-state index in [1.165, 1.54) is 5.56 Å². The molecule has 4 rings (SSSR count). The van der Waals surface area contributed by atoms with Gasteiger partial charge in [0, 0.05) is 18.5 Å². The number of hydrogen-bond donors (Lipinski definition) is 1. The van der Waals surface area contributed by atoms with E-state index in [2.05, 4.69) is 52.5 Å². The highest BCUT2D eigenvalue weighted by molar-refractivity contribution is 5.89. The van der Waals surface area contributed by atoms with Gasteiger partial charge < -0.3 is 10.1 Å². The molecule has 0 aliphatic rings. The molecule has 1 aromatic heterocycles. The molecule has 6 heteroatoms. The second kappa shape index (κ2) is 10.5.